The van der Waals surface area contributed by atoms with Crippen molar-refractivity contribution in [2.45, 2.75) is 32.0 Å². The third-order valence-corrected chi connectivity index (χ3v) is 3.18. The Morgan fingerprint density at radius 3 is 2.04 bits per heavy atom. The molecular weight excluding hydrogens is 359 g/mol. The molecule has 0 heterocycles. The first-order valence-corrected chi connectivity index (χ1v) is 7.58. The number of amides is 1. The molecule has 0 aliphatic carbocycles. The maximum absolute atomic E-state index is 13.0. The molecule has 7 nitrogen and oxygen atoms in total. The molecule has 0 fully saturated rings. The Bertz CT molecular complexity index is 659. The normalized spacial score (nSPS) is 13.5. The van der Waals surface area contributed by atoms with Crippen LogP contribution in [0.5, 0.6) is 0 Å². The summed E-state index contributed by atoms with van der Waals surface area (Å²) in [6, 6.07) is 5.13. The fraction of sp³-hybridized carbons (Fsp3) is 0.438. The highest BCUT2D eigenvalue weighted by Gasteiger charge is 2.61. The van der Waals surface area contributed by atoms with Crippen LogP contribution in [0, 0.1) is 0 Å². The van der Waals surface area contributed by atoms with Crippen LogP contribution in [-0.2, 0) is 19.1 Å². The van der Waals surface area contributed by atoms with Crippen molar-refractivity contribution in [3.05, 3.63) is 29.8 Å². The van der Waals surface area contributed by atoms with Gasteiger partial charge in [-0.25, -0.2) is 9.59 Å². The fourth-order valence-electron chi connectivity index (χ4n) is 1.88. The van der Waals surface area contributed by atoms with Crippen molar-refractivity contribution in [2.24, 2.45) is 0 Å². The minimum Gasteiger partial charge on any atom is -0.464 e. The minimum absolute atomic E-state index is 0.0661. The zero-order valence-electron chi connectivity index (χ0n) is 14.1. The van der Waals surface area contributed by atoms with Crippen molar-refractivity contribution in [3.63, 3.8) is 0 Å². The molecule has 0 aromatic heterocycles. The van der Waals surface area contributed by atoms with E-state index < -0.39 is 42.7 Å². The molecule has 1 unspecified atom stereocenters. The van der Waals surface area contributed by atoms with Crippen LogP contribution >= 0.6 is 0 Å². The highest BCUT2D eigenvalue weighted by atomic mass is 19.4. The number of rotatable bonds is 7. The average molecular weight is 377 g/mol. The van der Waals surface area contributed by atoms with Gasteiger partial charge in [0.15, 0.2) is 0 Å². The van der Waals surface area contributed by atoms with Crippen molar-refractivity contribution in [2.75, 3.05) is 18.5 Å². The van der Waals surface area contributed by atoms with E-state index in [2.05, 4.69) is 10.1 Å². The Morgan fingerprint density at radius 2 is 1.58 bits per heavy atom. The van der Waals surface area contributed by atoms with E-state index in [1.54, 1.807) is 6.92 Å². The van der Waals surface area contributed by atoms with E-state index >= 15 is 0 Å². The number of carbonyl (C=O) groups excluding carboxylic acids is 3. The van der Waals surface area contributed by atoms with Crippen molar-refractivity contribution < 1.29 is 42.1 Å². The Hall–Kier alpha value is -2.62. The van der Waals surface area contributed by atoms with Gasteiger partial charge in [0.05, 0.1) is 25.2 Å². The Kier molecular flexibility index (Phi) is 7.13. The smallest absolute Gasteiger partial charge is 0.428 e. The molecule has 0 aliphatic heterocycles. The lowest BCUT2D eigenvalue weighted by Gasteiger charge is -2.27. The Balaban J connectivity index is 2.86. The SMILES string of the molecule is CCOC(=O)c1ccc(NC(=O)CC(O)(C(=O)OCC)C(F)(F)F)cc1. The maximum atomic E-state index is 13.0. The van der Waals surface area contributed by atoms with E-state index in [4.69, 9.17) is 4.74 Å². The first kappa shape index (κ1) is 21.4. The van der Waals surface area contributed by atoms with E-state index in [0.29, 0.717) is 0 Å². The number of halogens is 3. The average Bonchev–Trinajstić information content (AvgIpc) is 2.54. The predicted molar refractivity (Wildman–Crippen MR) is 83.3 cm³/mol. The summed E-state index contributed by atoms with van der Waals surface area (Å²) in [6.45, 7) is 2.66. The van der Waals surface area contributed by atoms with Gasteiger partial charge in [-0.15, -0.1) is 0 Å². The summed E-state index contributed by atoms with van der Waals surface area (Å²) < 4.78 is 48.0. The van der Waals surface area contributed by atoms with E-state index in [9.17, 15) is 32.7 Å². The number of hydrogen-bond donors (Lipinski definition) is 2. The summed E-state index contributed by atoms with van der Waals surface area (Å²) in [7, 11) is 0. The van der Waals surface area contributed by atoms with Crippen LogP contribution in [0.3, 0.4) is 0 Å². The number of anilines is 1. The quantitative estimate of drug-likeness (QED) is 0.705. The molecule has 0 spiro atoms. The van der Waals surface area contributed by atoms with E-state index in [-0.39, 0.29) is 17.9 Å². The lowest BCUT2D eigenvalue weighted by Crippen LogP contribution is -2.54. The van der Waals surface area contributed by atoms with Crippen LogP contribution in [0.25, 0.3) is 0 Å². The lowest BCUT2D eigenvalue weighted by atomic mass is 9.98. The Labute approximate surface area is 147 Å². The molecule has 26 heavy (non-hydrogen) atoms. The van der Waals surface area contributed by atoms with Crippen LogP contribution in [0.1, 0.15) is 30.6 Å². The van der Waals surface area contributed by atoms with Crippen molar-refractivity contribution in [3.8, 4) is 0 Å². The first-order chi connectivity index (χ1) is 12.0. The minimum atomic E-state index is -5.40. The van der Waals surface area contributed by atoms with Crippen LogP contribution in [0.2, 0.25) is 0 Å². The predicted octanol–water partition coefficient (Wildman–Crippen LogP) is 2.05. The summed E-state index contributed by atoms with van der Waals surface area (Å²) in [5, 5.41) is 11.8. The molecule has 1 aromatic rings. The van der Waals surface area contributed by atoms with Gasteiger partial charge in [0.25, 0.3) is 5.60 Å². The lowest BCUT2D eigenvalue weighted by molar-refractivity contribution is -0.262. The molecule has 0 saturated carbocycles. The van der Waals surface area contributed by atoms with Crippen LogP contribution < -0.4 is 5.32 Å². The van der Waals surface area contributed by atoms with Gasteiger partial charge in [-0.1, -0.05) is 0 Å². The van der Waals surface area contributed by atoms with Gasteiger partial charge >= 0.3 is 18.1 Å². The molecule has 10 heteroatoms. The second kappa shape index (κ2) is 8.65. The molecule has 0 bridgehead atoms. The molecule has 1 amide bonds. The zero-order valence-corrected chi connectivity index (χ0v) is 14.1. The molecular formula is C16H18F3NO6. The number of nitrogens with one attached hydrogen (secondary N) is 1. The van der Waals surface area contributed by atoms with Gasteiger partial charge in [0.2, 0.25) is 5.91 Å². The summed E-state index contributed by atoms with van der Waals surface area (Å²) >= 11 is 0. The Morgan fingerprint density at radius 1 is 1.04 bits per heavy atom. The number of carbonyl (C=O) groups is 3. The standard InChI is InChI=1S/C16H18F3NO6/c1-3-25-13(22)10-5-7-11(8-6-10)20-12(21)9-15(24,16(17,18)19)14(23)26-4-2/h5-8,24H,3-4,9H2,1-2H3,(H,20,21). The number of benzene rings is 1. The second-order valence-corrected chi connectivity index (χ2v) is 5.10. The molecule has 1 aromatic carbocycles. The topological polar surface area (TPSA) is 102 Å². The largest absolute Gasteiger partial charge is 0.464 e. The number of hydrogen-bond acceptors (Lipinski definition) is 6. The highest BCUT2D eigenvalue weighted by molar-refractivity contribution is 5.96. The number of alkyl halides is 3. The third-order valence-electron chi connectivity index (χ3n) is 3.18. The fourth-order valence-corrected chi connectivity index (χ4v) is 1.88. The second-order valence-electron chi connectivity index (χ2n) is 5.10. The van der Waals surface area contributed by atoms with E-state index in [1.807, 2.05) is 0 Å². The molecule has 0 radical (unpaired) electrons. The van der Waals surface area contributed by atoms with Crippen LogP contribution in [0.4, 0.5) is 18.9 Å². The molecule has 0 aliphatic rings. The summed E-state index contributed by atoms with van der Waals surface area (Å²) in [5.74, 6) is -3.82. The van der Waals surface area contributed by atoms with Gasteiger partial charge in [-0.2, -0.15) is 13.2 Å². The monoisotopic (exact) mass is 377 g/mol. The first-order valence-electron chi connectivity index (χ1n) is 7.58. The van der Waals surface area contributed by atoms with Crippen molar-refractivity contribution in [1.29, 1.82) is 0 Å². The molecule has 144 valence electrons. The molecule has 1 rings (SSSR count). The molecule has 2 N–H and O–H groups in total. The summed E-state index contributed by atoms with van der Waals surface area (Å²) in [6.07, 6.45) is -6.97. The van der Waals surface area contributed by atoms with Gasteiger partial charge in [-0.05, 0) is 38.1 Å². The third kappa shape index (κ3) is 5.19. The number of esters is 2. The molecule has 1 atom stereocenters. The maximum Gasteiger partial charge on any atom is 0.428 e. The van der Waals surface area contributed by atoms with E-state index in [0.717, 1.165) is 0 Å². The van der Waals surface area contributed by atoms with Gasteiger partial charge in [0.1, 0.15) is 0 Å². The van der Waals surface area contributed by atoms with Gasteiger partial charge in [-0.3, -0.25) is 4.79 Å². The highest BCUT2D eigenvalue weighted by Crippen LogP contribution is 2.34. The molecule has 0 saturated heterocycles. The van der Waals surface area contributed by atoms with Crippen molar-refractivity contribution >= 4 is 23.5 Å². The van der Waals surface area contributed by atoms with Crippen LogP contribution in [0.15, 0.2) is 24.3 Å². The van der Waals surface area contributed by atoms with Gasteiger partial charge in [0, 0.05) is 5.69 Å². The van der Waals surface area contributed by atoms with E-state index in [1.165, 1.54) is 31.2 Å². The van der Waals surface area contributed by atoms with Gasteiger partial charge < -0.3 is 19.9 Å². The summed E-state index contributed by atoms with van der Waals surface area (Å²) in [5.41, 5.74) is -3.71. The number of ether oxygens (including phenoxy) is 2. The number of aliphatic hydroxyl groups is 1. The van der Waals surface area contributed by atoms with Crippen LogP contribution in [-0.4, -0.2) is 47.9 Å². The van der Waals surface area contributed by atoms with Crippen molar-refractivity contribution in [1.82, 2.24) is 0 Å². The zero-order chi connectivity index (χ0) is 20.0. The summed E-state index contributed by atoms with van der Waals surface area (Å²) in [4.78, 5) is 34.8.